The molecule has 2 aromatic rings. The molecule has 8 nitrogen and oxygen atoms in total. The van der Waals surface area contributed by atoms with Crippen molar-refractivity contribution in [2.75, 3.05) is 24.9 Å². The summed E-state index contributed by atoms with van der Waals surface area (Å²) in [5.74, 6) is -0.654. The molecule has 0 aromatic heterocycles. The second-order valence-electron chi connectivity index (χ2n) is 10.6. The van der Waals surface area contributed by atoms with Gasteiger partial charge in [0.15, 0.2) is 0 Å². The minimum absolute atomic E-state index is 0.106. The molecule has 1 saturated carbocycles. The van der Waals surface area contributed by atoms with Crippen LogP contribution >= 0.6 is 0 Å². The highest BCUT2D eigenvalue weighted by Crippen LogP contribution is 2.26. The molecule has 3 rings (SSSR count). The van der Waals surface area contributed by atoms with E-state index < -0.39 is 28.7 Å². The van der Waals surface area contributed by atoms with Crippen LogP contribution in [0, 0.1) is 20.8 Å². The van der Waals surface area contributed by atoms with Crippen LogP contribution in [-0.2, 0) is 26.3 Å². The van der Waals surface area contributed by atoms with Crippen molar-refractivity contribution in [1.82, 2.24) is 14.5 Å². The molecule has 2 aromatic carbocycles. The Labute approximate surface area is 228 Å². The van der Waals surface area contributed by atoms with Gasteiger partial charge in [-0.15, -0.1) is 0 Å². The SMILES string of the molecule is Cc1ccc(C)c(N(CC(=O)N(Cc2ccccc2C)[C@H](C)C(=O)NC2CCCCC2)S(=O)(=O)N(C)C)c1. The molecule has 2 amide bonds. The van der Waals surface area contributed by atoms with E-state index in [4.69, 9.17) is 0 Å². The van der Waals surface area contributed by atoms with Crippen LogP contribution in [-0.4, -0.2) is 62.2 Å². The molecule has 38 heavy (non-hydrogen) atoms. The highest BCUT2D eigenvalue weighted by atomic mass is 32.2. The van der Waals surface area contributed by atoms with E-state index in [0.29, 0.717) is 5.69 Å². The van der Waals surface area contributed by atoms with Crippen LogP contribution < -0.4 is 9.62 Å². The van der Waals surface area contributed by atoms with Crippen LogP contribution in [0.2, 0.25) is 0 Å². The lowest BCUT2D eigenvalue weighted by Crippen LogP contribution is -2.53. The topological polar surface area (TPSA) is 90.0 Å². The largest absolute Gasteiger partial charge is 0.352 e. The first-order valence-electron chi connectivity index (χ1n) is 13.3. The predicted molar refractivity (Wildman–Crippen MR) is 152 cm³/mol. The van der Waals surface area contributed by atoms with Crippen molar-refractivity contribution in [3.63, 3.8) is 0 Å². The van der Waals surface area contributed by atoms with Crippen LogP contribution in [0.5, 0.6) is 0 Å². The van der Waals surface area contributed by atoms with E-state index >= 15 is 0 Å². The molecule has 1 fully saturated rings. The number of carbonyl (C=O) groups excluding carboxylic acids is 2. The third-order valence-corrected chi connectivity index (χ3v) is 9.18. The first kappa shape index (κ1) is 29.6. The zero-order valence-electron chi connectivity index (χ0n) is 23.5. The van der Waals surface area contributed by atoms with Crippen molar-refractivity contribution in [3.05, 3.63) is 64.7 Å². The van der Waals surface area contributed by atoms with E-state index in [1.807, 2.05) is 57.2 Å². The maximum Gasteiger partial charge on any atom is 0.304 e. The molecular weight excluding hydrogens is 500 g/mol. The van der Waals surface area contributed by atoms with Gasteiger partial charge >= 0.3 is 10.2 Å². The average molecular weight is 543 g/mol. The summed E-state index contributed by atoms with van der Waals surface area (Å²) in [4.78, 5) is 28.8. The first-order chi connectivity index (χ1) is 17.9. The summed E-state index contributed by atoms with van der Waals surface area (Å²) in [7, 11) is -1.10. The van der Waals surface area contributed by atoms with E-state index in [9.17, 15) is 18.0 Å². The average Bonchev–Trinajstić information content (AvgIpc) is 2.88. The van der Waals surface area contributed by atoms with Gasteiger partial charge in [-0.3, -0.25) is 9.59 Å². The van der Waals surface area contributed by atoms with Crippen molar-refractivity contribution in [2.24, 2.45) is 0 Å². The lowest BCUT2D eigenvalue weighted by Gasteiger charge is -2.34. The lowest BCUT2D eigenvalue weighted by atomic mass is 9.95. The summed E-state index contributed by atoms with van der Waals surface area (Å²) >= 11 is 0. The Bertz CT molecular complexity index is 1240. The molecule has 1 aliphatic carbocycles. The molecule has 1 N–H and O–H groups in total. The van der Waals surface area contributed by atoms with Gasteiger partial charge in [0, 0.05) is 26.7 Å². The lowest BCUT2D eigenvalue weighted by molar-refractivity contribution is -0.139. The Balaban J connectivity index is 1.96. The van der Waals surface area contributed by atoms with E-state index in [2.05, 4.69) is 5.32 Å². The number of carbonyl (C=O) groups is 2. The fraction of sp³-hybridized carbons (Fsp3) is 0.517. The van der Waals surface area contributed by atoms with Gasteiger partial charge in [0.25, 0.3) is 0 Å². The first-order valence-corrected chi connectivity index (χ1v) is 14.7. The standard InChI is InChI=1S/C29H42N4O4S/c1-21-16-17-23(3)27(18-21)33(38(36,37)31(5)6)20-28(34)32(19-25-13-11-10-12-22(25)2)24(4)29(35)30-26-14-8-7-9-15-26/h10-13,16-18,24,26H,7-9,14-15,19-20H2,1-6H3,(H,30,35)/t24-/m1/s1. The van der Waals surface area contributed by atoms with Gasteiger partial charge in [-0.25, -0.2) is 4.31 Å². The number of nitrogens with one attached hydrogen (secondary N) is 1. The van der Waals surface area contributed by atoms with Gasteiger partial charge in [0.1, 0.15) is 12.6 Å². The zero-order chi connectivity index (χ0) is 28.0. The van der Waals surface area contributed by atoms with Gasteiger partial charge in [0.05, 0.1) is 5.69 Å². The molecule has 0 bridgehead atoms. The van der Waals surface area contributed by atoms with Crippen molar-refractivity contribution < 1.29 is 18.0 Å². The second kappa shape index (κ2) is 12.8. The highest BCUT2D eigenvalue weighted by Gasteiger charge is 2.34. The molecule has 0 saturated heterocycles. The Morgan fingerprint density at radius 1 is 0.974 bits per heavy atom. The van der Waals surface area contributed by atoms with E-state index in [0.717, 1.165) is 56.5 Å². The maximum absolute atomic E-state index is 14.0. The number of rotatable bonds is 10. The van der Waals surface area contributed by atoms with Gasteiger partial charge in [-0.2, -0.15) is 12.7 Å². The van der Waals surface area contributed by atoms with E-state index in [1.54, 1.807) is 13.0 Å². The van der Waals surface area contributed by atoms with E-state index in [1.165, 1.54) is 25.4 Å². The normalized spacial score (nSPS) is 15.2. The number of nitrogens with zero attached hydrogens (tertiary/aromatic N) is 3. The number of amides is 2. The number of benzene rings is 2. The van der Waals surface area contributed by atoms with Crippen LogP contribution in [0.4, 0.5) is 5.69 Å². The summed E-state index contributed by atoms with van der Waals surface area (Å²) < 4.78 is 29.1. The molecule has 0 heterocycles. The minimum Gasteiger partial charge on any atom is -0.352 e. The molecule has 9 heteroatoms. The summed E-state index contributed by atoms with van der Waals surface area (Å²) in [6.45, 7) is 7.17. The third-order valence-electron chi connectivity index (χ3n) is 7.37. The number of hydrogen-bond donors (Lipinski definition) is 1. The summed E-state index contributed by atoms with van der Waals surface area (Å²) in [5.41, 5.74) is 3.97. The zero-order valence-corrected chi connectivity index (χ0v) is 24.3. The van der Waals surface area contributed by atoms with Crippen molar-refractivity contribution in [1.29, 1.82) is 0 Å². The second-order valence-corrected chi connectivity index (χ2v) is 12.6. The Hall–Kier alpha value is -2.91. The minimum atomic E-state index is -3.99. The third kappa shape index (κ3) is 7.14. The quantitative estimate of drug-likeness (QED) is 0.490. The molecular formula is C29H42N4O4S. The monoisotopic (exact) mass is 542 g/mol. The van der Waals surface area contributed by atoms with E-state index in [-0.39, 0.29) is 18.5 Å². The molecule has 0 unspecified atom stereocenters. The fourth-order valence-corrected chi connectivity index (χ4v) is 5.93. The smallest absolute Gasteiger partial charge is 0.304 e. The molecule has 1 aliphatic rings. The fourth-order valence-electron chi connectivity index (χ4n) is 4.81. The van der Waals surface area contributed by atoms with Gasteiger partial charge < -0.3 is 10.2 Å². The Morgan fingerprint density at radius 3 is 2.26 bits per heavy atom. The Morgan fingerprint density at radius 2 is 1.63 bits per heavy atom. The summed E-state index contributed by atoms with van der Waals surface area (Å²) in [6.07, 6.45) is 5.21. The maximum atomic E-state index is 14.0. The number of aryl methyl sites for hydroxylation is 3. The van der Waals surface area contributed by atoms with Crippen LogP contribution in [0.25, 0.3) is 0 Å². The van der Waals surface area contributed by atoms with Crippen LogP contribution in [0.3, 0.4) is 0 Å². The van der Waals surface area contributed by atoms with Crippen LogP contribution in [0.15, 0.2) is 42.5 Å². The van der Waals surface area contributed by atoms with Gasteiger partial charge in [0.2, 0.25) is 11.8 Å². The van der Waals surface area contributed by atoms with Crippen LogP contribution in [0.1, 0.15) is 61.3 Å². The molecule has 208 valence electrons. The van der Waals surface area contributed by atoms with Crippen molar-refractivity contribution >= 4 is 27.7 Å². The predicted octanol–water partition coefficient (Wildman–Crippen LogP) is 4.09. The van der Waals surface area contributed by atoms with Crippen molar-refractivity contribution in [2.45, 2.75) is 78.4 Å². The van der Waals surface area contributed by atoms with Gasteiger partial charge in [-0.05, 0) is 68.9 Å². The summed E-state index contributed by atoms with van der Waals surface area (Å²) in [5, 5.41) is 3.13. The Kier molecular flexibility index (Phi) is 9.95. The molecule has 0 spiro atoms. The van der Waals surface area contributed by atoms with Gasteiger partial charge in [-0.1, -0.05) is 55.7 Å². The molecule has 0 aliphatic heterocycles. The number of hydrogen-bond acceptors (Lipinski definition) is 4. The summed E-state index contributed by atoms with van der Waals surface area (Å²) in [6, 6.07) is 12.6. The highest BCUT2D eigenvalue weighted by molar-refractivity contribution is 7.90. The molecule has 1 atom stereocenters. The molecule has 0 radical (unpaired) electrons. The number of anilines is 1. The van der Waals surface area contributed by atoms with Crippen molar-refractivity contribution in [3.8, 4) is 0 Å².